The topological polar surface area (TPSA) is 43.9 Å². The zero-order valence-corrected chi connectivity index (χ0v) is 11.1. The summed E-state index contributed by atoms with van der Waals surface area (Å²) in [6.07, 6.45) is 3.75. The van der Waals surface area contributed by atoms with E-state index in [1.54, 1.807) is 0 Å². The Balaban J connectivity index is 1.85. The molecule has 0 N–H and O–H groups in total. The fourth-order valence-corrected chi connectivity index (χ4v) is 3.50. The number of fused-ring (bicyclic) bond motifs is 2. The molecule has 3 aliphatic rings. The molecule has 0 aromatic heterocycles. The highest BCUT2D eigenvalue weighted by atomic mass is 16.2. The fraction of sp³-hybridized carbons (Fsp3) is 0.846. The van der Waals surface area contributed by atoms with Gasteiger partial charge in [0.15, 0.2) is 0 Å². The number of likely N-dealkylation sites (N-methyl/N-ethyl adjacent to an activating group) is 1. The van der Waals surface area contributed by atoms with E-state index in [-0.39, 0.29) is 23.9 Å². The Morgan fingerprint density at radius 2 is 1.78 bits per heavy atom. The van der Waals surface area contributed by atoms with Crippen molar-refractivity contribution in [1.82, 2.24) is 14.7 Å². The summed E-state index contributed by atoms with van der Waals surface area (Å²) < 4.78 is 0. The highest BCUT2D eigenvalue weighted by molar-refractivity contribution is 5.97. The van der Waals surface area contributed by atoms with Gasteiger partial charge in [0.05, 0.1) is 0 Å². The highest BCUT2D eigenvalue weighted by Crippen LogP contribution is 2.32. The Kier molecular flexibility index (Phi) is 2.81. The lowest BCUT2D eigenvalue weighted by molar-refractivity contribution is -0.161. The lowest BCUT2D eigenvalue weighted by atomic mass is 9.96. The third-order valence-electron chi connectivity index (χ3n) is 4.65. The SMILES string of the molecule is CN(C)[C@@H]1C[C@H]2C(=O)N3CCCC[C@H]3C(=O)N2C1. The maximum Gasteiger partial charge on any atom is 0.246 e. The molecule has 0 aliphatic carbocycles. The van der Waals surface area contributed by atoms with Gasteiger partial charge in [-0.05, 0) is 39.8 Å². The average Bonchev–Trinajstić information content (AvgIpc) is 2.81. The second-order valence-electron chi connectivity index (χ2n) is 5.90. The quantitative estimate of drug-likeness (QED) is 0.654. The molecule has 18 heavy (non-hydrogen) atoms. The van der Waals surface area contributed by atoms with Crippen LogP contribution < -0.4 is 0 Å². The lowest BCUT2D eigenvalue weighted by Gasteiger charge is -2.44. The first-order valence-electron chi connectivity index (χ1n) is 6.87. The second kappa shape index (κ2) is 4.23. The molecule has 0 bridgehead atoms. The van der Waals surface area contributed by atoms with Crippen molar-refractivity contribution in [2.24, 2.45) is 0 Å². The summed E-state index contributed by atoms with van der Waals surface area (Å²) in [4.78, 5) is 30.7. The highest BCUT2D eigenvalue weighted by Gasteiger charge is 2.50. The summed E-state index contributed by atoms with van der Waals surface area (Å²) >= 11 is 0. The molecule has 5 nitrogen and oxygen atoms in total. The van der Waals surface area contributed by atoms with Gasteiger partial charge in [-0.2, -0.15) is 0 Å². The first kappa shape index (κ1) is 12.0. The molecule has 0 aromatic rings. The van der Waals surface area contributed by atoms with Gasteiger partial charge >= 0.3 is 0 Å². The van der Waals surface area contributed by atoms with Gasteiger partial charge in [-0.15, -0.1) is 0 Å². The van der Waals surface area contributed by atoms with Crippen LogP contribution in [0.4, 0.5) is 0 Å². The monoisotopic (exact) mass is 251 g/mol. The van der Waals surface area contributed by atoms with Gasteiger partial charge in [0.2, 0.25) is 11.8 Å². The number of carbonyl (C=O) groups is 2. The molecule has 3 heterocycles. The van der Waals surface area contributed by atoms with Crippen molar-refractivity contribution in [3.63, 3.8) is 0 Å². The van der Waals surface area contributed by atoms with E-state index in [4.69, 9.17) is 0 Å². The van der Waals surface area contributed by atoms with Crippen LogP contribution in [0.5, 0.6) is 0 Å². The summed E-state index contributed by atoms with van der Waals surface area (Å²) in [5.74, 6) is 0.368. The molecule has 0 radical (unpaired) electrons. The van der Waals surface area contributed by atoms with Crippen LogP contribution in [-0.2, 0) is 9.59 Å². The molecular formula is C13H21N3O2. The minimum Gasteiger partial charge on any atom is -0.329 e. The van der Waals surface area contributed by atoms with Crippen LogP contribution in [0.3, 0.4) is 0 Å². The molecule has 3 rings (SSSR count). The van der Waals surface area contributed by atoms with E-state index in [1.165, 1.54) is 0 Å². The maximum atomic E-state index is 12.5. The van der Waals surface area contributed by atoms with Crippen molar-refractivity contribution in [3.05, 3.63) is 0 Å². The van der Waals surface area contributed by atoms with Crippen molar-refractivity contribution in [2.75, 3.05) is 27.2 Å². The Labute approximate surface area is 108 Å². The first-order chi connectivity index (χ1) is 8.59. The normalized spacial score (nSPS) is 36.1. The van der Waals surface area contributed by atoms with E-state index < -0.39 is 0 Å². The third-order valence-corrected chi connectivity index (χ3v) is 4.65. The van der Waals surface area contributed by atoms with Crippen LogP contribution in [0.15, 0.2) is 0 Å². The molecule has 5 heteroatoms. The first-order valence-corrected chi connectivity index (χ1v) is 6.87. The van der Waals surface area contributed by atoms with Crippen LogP contribution in [0, 0.1) is 0 Å². The predicted molar refractivity (Wildman–Crippen MR) is 66.9 cm³/mol. The van der Waals surface area contributed by atoms with Gasteiger partial charge in [0.1, 0.15) is 12.1 Å². The number of amides is 2. The number of hydrogen-bond donors (Lipinski definition) is 0. The van der Waals surface area contributed by atoms with Gasteiger partial charge in [0, 0.05) is 19.1 Å². The smallest absolute Gasteiger partial charge is 0.246 e. The molecule has 3 fully saturated rings. The van der Waals surface area contributed by atoms with Gasteiger partial charge in [-0.1, -0.05) is 0 Å². The van der Waals surface area contributed by atoms with Crippen LogP contribution in [0.2, 0.25) is 0 Å². The Bertz CT molecular complexity index is 350. The van der Waals surface area contributed by atoms with Crippen LogP contribution in [-0.4, -0.2) is 71.8 Å². The Hall–Kier alpha value is -1.10. The third kappa shape index (κ3) is 1.64. The Morgan fingerprint density at radius 1 is 1.06 bits per heavy atom. The number of hydrogen-bond acceptors (Lipinski definition) is 3. The molecule has 3 atom stereocenters. The van der Waals surface area contributed by atoms with Gasteiger partial charge in [-0.25, -0.2) is 0 Å². The van der Waals surface area contributed by atoms with Crippen LogP contribution in [0.25, 0.3) is 0 Å². The molecule has 2 amide bonds. The number of nitrogens with zero attached hydrogens (tertiary/aromatic N) is 3. The summed E-state index contributed by atoms with van der Waals surface area (Å²) in [5.41, 5.74) is 0. The second-order valence-corrected chi connectivity index (χ2v) is 5.90. The molecule has 0 aromatic carbocycles. The van der Waals surface area contributed by atoms with Crippen molar-refractivity contribution in [3.8, 4) is 0 Å². The van der Waals surface area contributed by atoms with E-state index in [2.05, 4.69) is 4.90 Å². The predicted octanol–water partition coefficient (Wildman–Crippen LogP) is -0.0878. The summed E-state index contributed by atoms with van der Waals surface area (Å²) in [7, 11) is 4.04. The van der Waals surface area contributed by atoms with E-state index >= 15 is 0 Å². The fourth-order valence-electron chi connectivity index (χ4n) is 3.50. The molecule has 0 spiro atoms. The zero-order valence-electron chi connectivity index (χ0n) is 11.1. The van der Waals surface area contributed by atoms with Gasteiger partial charge in [-0.3, -0.25) is 9.59 Å². The largest absolute Gasteiger partial charge is 0.329 e. The standard InChI is InChI=1S/C13H21N3O2/c1-14(2)9-7-11-13(18)15-6-4-3-5-10(15)12(17)16(11)8-9/h9-11H,3-8H2,1-2H3/t9-,10+,11+/m1/s1. The van der Waals surface area contributed by atoms with E-state index in [0.717, 1.165) is 32.2 Å². The molecule has 0 saturated carbocycles. The van der Waals surface area contributed by atoms with Crippen molar-refractivity contribution in [1.29, 1.82) is 0 Å². The van der Waals surface area contributed by atoms with E-state index in [0.29, 0.717) is 12.6 Å². The molecule has 0 unspecified atom stereocenters. The van der Waals surface area contributed by atoms with Gasteiger partial charge in [0.25, 0.3) is 0 Å². The van der Waals surface area contributed by atoms with Crippen LogP contribution in [0.1, 0.15) is 25.7 Å². The van der Waals surface area contributed by atoms with Crippen molar-refractivity contribution in [2.45, 2.75) is 43.8 Å². The van der Waals surface area contributed by atoms with E-state index in [1.807, 2.05) is 23.9 Å². The number of rotatable bonds is 1. The summed E-state index contributed by atoms with van der Waals surface area (Å²) in [6, 6.07) is -0.0353. The van der Waals surface area contributed by atoms with Gasteiger partial charge < -0.3 is 14.7 Å². The molecular weight excluding hydrogens is 230 g/mol. The van der Waals surface area contributed by atoms with Crippen molar-refractivity contribution >= 4 is 11.8 Å². The molecule has 3 saturated heterocycles. The maximum absolute atomic E-state index is 12.5. The zero-order chi connectivity index (χ0) is 12.9. The van der Waals surface area contributed by atoms with Crippen LogP contribution >= 0.6 is 0 Å². The lowest BCUT2D eigenvalue weighted by Crippen LogP contribution is -2.63. The van der Waals surface area contributed by atoms with E-state index in [9.17, 15) is 9.59 Å². The summed E-state index contributed by atoms with van der Waals surface area (Å²) in [6.45, 7) is 1.48. The minimum absolute atomic E-state index is 0.164. The molecule has 3 aliphatic heterocycles. The number of piperazine rings is 1. The summed E-state index contributed by atoms with van der Waals surface area (Å²) in [5, 5.41) is 0. The number of piperidine rings is 1. The number of carbonyl (C=O) groups excluding carboxylic acids is 2. The van der Waals surface area contributed by atoms with Crippen molar-refractivity contribution < 1.29 is 9.59 Å². The Morgan fingerprint density at radius 3 is 2.50 bits per heavy atom. The minimum atomic E-state index is -0.195. The molecule has 100 valence electrons. The average molecular weight is 251 g/mol.